The van der Waals surface area contributed by atoms with E-state index in [4.69, 9.17) is 0 Å². The fourth-order valence-electron chi connectivity index (χ4n) is 3.98. The number of carbonyl (C=O) groups excluding carboxylic acids is 1. The van der Waals surface area contributed by atoms with Crippen molar-refractivity contribution in [3.8, 4) is 0 Å². The maximum atomic E-state index is 12.8. The Bertz CT molecular complexity index is 717. The van der Waals surface area contributed by atoms with Crippen LogP contribution in [0.4, 0.5) is 0 Å². The van der Waals surface area contributed by atoms with Crippen LogP contribution in [0.3, 0.4) is 0 Å². The van der Waals surface area contributed by atoms with Crippen molar-refractivity contribution < 1.29 is 9.90 Å². The number of carbonyl (C=O) groups is 1. The number of nitrogens with zero attached hydrogens (tertiary/aromatic N) is 1. The number of nitrogens with one attached hydrogen (secondary N) is 1. The SMILES string of the molecule is O=C(NC(c1cccs1)C1CC(O)C1)c1ccc(CN2CCCC2)cc1. The van der Waals surface area contributed by atoms with E-state index in [2.05, 4.69) is 28.4 Å². The van der Waals surface area contributed by atoms with E-state index >= 15 is 0 Å². The largest absolute Gasteiger partial charge is 0.393 e. The van der Waals surface area contributed by atoms with Gasteiger partial charge in [-0.3, -0.25) is 9.69 Å². The molecule has 1 amide bonds. The van der Waals surface area contributed by atoms with Crippen LogP contribution in [0.25, 0.3) is 0 Å². The van der Waals surface area contributed by atoms with E-state index in [9.17, 15) is 9.90 Å². The Balaban J connectivity index is 1.41. The first-order chi connectivity index (χ1) is 12.7. The molecule has 2 N–H and O–H groups in total. The standard InChI is InChI=1S/C21H26N2O2S/c24-18-12-17(13-18)20(19-4-3-11-26-19)22-21(25)16-7-5-15(6-8-16)14-23-9-1-2-10-23/h3-8,11,17-18,20,24H,1-2,9-10,12-14H2,(H,22,25). The molecular formula is C21H26N2O2S. The van der Waals surface area contributed by atoms with Gasteiger partial charge in [-0.25, -0.2) is 0 Å². The topological polar surface area (TPSA) is 52.6 Å². The smallest absolute Gasteiger partial charge is 0.251 e. The molecule has 1 aliphatic heterocycles. The van der Waals surface area contributed by atoms with Gasteiger partial charge in [0.2, 0.25) is 0 Å². The minimum Gasteiger partial charge on any atom is -0.393 e. The van der Waals surface area contributed by atoms with E-state index in [-0.39, 0.29) is 18.1 Å². The van der Waals surface area contributed by atoms with E-state index in [1.807, 2.05) is 23.6 Å². The summed E-state index contributed by atoms with van der Waals surface area (Å²) >= 11 is 1.67. The molecule has 138 valence electrons. The lowest BCUT2D eigenvalue weighted by atomic mass is 9.76. The number of aliphatic hydroxyl groups is 1. The molecule has 2 fully saturated rings. The average molecular weight is 371 g/mol. The van der Waals surface area contributed by atoms with Gasteiger partial charge < -0.3 is 10.4 Å². The first-order valence-electron chi connectivity index (χ1n) is 9.52. The Morgan fingerprint density at radius 3 is 2.54 bits per heavy atom. The van der Waals surface area contributed by atoms with E-state index in [1.165, 1.54) is 36.4 Å². The highest BCUT2D eigenvalue weighted by Gasteiger charge is 2.36. The maximum absolute atomic E-state index is 12.8. The third-order valence-corrected chi connectivity index (χ3v) is 6.53. The Morgan fingerprint density at radius 2 is 1.92 bits per heavy atom. The van der Waals surface area contributed by atoms with Gasteiger partial charge in [-0.1, -0.05) is 18.2 Å². The zero-order chi connectivity index (χ0) is 17.9. The number of hydrogen-bond donors (Lipinski definition) is 2. The second-order valence-corrected chi connectivity index (χ2v) is 8.51. The second-order valence-electron chi connectivity index (χ2n) is 7.53. The quantitative estimate of drug-likeness (QED) is 0.817. The molecule has 2 aliphatic rings. The summed E-state index contributed by atoms with van der Waals surface area (Å²) in [5.74, 6) is 0.291. The fourth-order valence-corrected chi connectivity index (χ4v) is 4.85. The first kappa shape index (κ1) is 17.7. The van der Waals surface area contributed by atoms with Gasteiger partial charge in [0, 0.05) is 17.0 Å². The highest BCUT2D eigenvalue weighted by Crippen LogP contribution is 2.39. The molecule has 1 aromatic heterocycles. The van der Waals surface area contributed by atoms with Crippen LogP contribution in [0.1, 0.15) is 52.5 Å². The lowest BCUT2D eigenvalue weighted by molar-refractivity contribution is 0.0241. The van der Waals surface area contributed by atoms with Crippen molar-refractivity contribution >= 4 is 17.2 Å². The Hall–Kier alpha value is -1.69. The van der Waals surface area contributed by atoms with Crippen LogP contribution in [-0.4, -0.2) is 35.1 Å². The predicted molar refractivity (Wildman–Crippen MR) is 104 cm³/mol. The molecule has 1 aromatic carbocycles. The van der Waals surface area contributed by atoms with Crippen LogP contribution in [0.15, 0.2) is 41.8 Å². The van der Waals surface area contributed by atoms with Crippen molar-refractivity contribution in [3.05, 3.63) is 57.8 Å². The summed E-state index contributed by atoms with van der Waals surface area (Å²) in [6, 6.07) is 12.1. The van der Waals surface area contributed by atoms with Crippen LogP contribution in [-0.2, 0) is 6.54 Å². The molecule has 1 unspecified atom stereocenters. The summed E-state index contributed by atoms with van der Waals surface area (Å²) < 4.78 is 0. The van der Waals surface area contributed by atoms with E-state index in [1.54, 1.807) is 11.3 Å². The van der Waals surface area contributed by atoms with Crippen molar-refractivity contribution in [2.24, 2.45) is 5.92 Å². The normalized spacial score (nSPS) is 24.2. The Labute approximate surface area is 158 Å². The lowest BCUT2D eigenvalue weighted by Gasteiger charge is -2.37. The van der Waals surface area contributed by atoms with Crippen LogP contribution < -0.4 is 5.32 Å². The minimum atomic E-state index is -0.218. The van der Waals surface area contributed by atoms with Gasteiger partial charge in [-0.2, -0.15) is 0 Å². The molecular weight excluding hydrogens is 344 g/mol. The van der Waals surface area contributed by atoms with Gasteiger partial charge >= 0.3 is 0 Å². The summed E-state index contributed by atoms with van der Waals surface area (Å²) in [7, 11) is 0. The average Bonchev–Trinajstić information content (AvgIpc) is 3.31. The third kappa shape index (κ3) is 4.00. The van der Waals surface area contributed by atoms with Gasteiger partial charge in [0.1, 0.15) is 0 Å². The number of amides is 1. The third-order valence-electron chi connectivity index (χ3n) is 5.58. The number of hydrogen-bond acceptors (Lipinski definition) is 4. The molecule has 1 aliphatic carbocycles. The van der Waals surface area contributed by atoms with Crippen LogP contribution >= 0.6 is 11.3 Å². The summed E-state index contributed by atoms with van der Waals surface area (Å²) in [6.45, 7) is 3.33. The second kappa shape index (κ2) is 7.91. The molecule has 0 spiro atoms. The van der Waals surface area contributed by atoms with Crippen LogP contribution in [0.2, 0.25) is 0 Å². The van der Waals surface area contributed by atoms with Gasteiger partial charge in [0.05, 0.1) is 12.1 Å². The van der Waals surface area contributed by atoms with Crippen molar-refractivity contribution in [1.82, 2.24) is 10.2 Å². The number of benzene rings is 1. The summed E-state index contributed by atoms with van der Waals surface area (Å²) in [5.41, 5.74) is 1.97. The summed E-state index contributed by atoms with van der Waals surface area (Å²) in [5, 5.41) is 14.9. The summed E-state index contributed by atoms with van der Waals surface area (Å²) in [6.07, 6.45) is 3.89. The van der Waals surface area contributed by atoms with Gasteiger partial charge in [0.25, 0.3) is 5.91 Å². The molecule has 0 radical (unpaired) electrons. The van der Waals surface area contributed by atoms with Gasteiger partial charge in [-0.15, -0.1) is 11.3 Å². The van der Waals surface area contributed by atoms with E-state index in [0.29, 0.717) is 11.5 Å². The zero-order valence-corrected chi connectivity index (χ0v) is 15.8. The molecule has 1 saturated carbocycles. The summed E-state index contributed by atoms with van der Waals surface area (Å²) in [4.78, 5) is 16.4. The molecule has 26 heavy (non-hydrogen) atoms. The monoisotopic (exact) mass is 370 g/mol. The van der Waals surface area contributed by atoms with Crippen molar-refractivity contribution in [3.63, 3.8) is 0 Å². The number of rotatable bonds is 6. The van der Waals surface area contributed by atoms with Crippen molar-refractivity contribution in [2.45, 2.75) is 44.4 Å². The van der Waals surface area contributed by atoms with Gasteiger partial charge in [-0.05, 0) is 73.8 Å². The minimum absolute atomic E-state index is 0.00447. The Kier molecular flexibility index (Phi) is 5.38. The Morgan fingerprint density at radius 1 is 1.19 bits per heavy atom. The van der Waals surface area contributed by atoms with Crippen molar-refractivity contribution in [2.75, 3.05) is 13.1 Å². The molecule has 1 atom stereocenters. The van der Waals surface area contributed by atoms with Crippen LogP contribution in [0.5, 0.6) is 0 Å². The number of likely N-dealkylation sites (tertiary alicyclic amines) is 1. The van der Waals surface area contributed by atoms with Crippen molar-refractivity contribution in [1.29, 1.82) is 0 Å². The fraction of sp³-hybridized carbons (Fsp3) is 0.476. The molecule has 5 heteroatoms. The number of thiophene rings is 1. The van der Waals surface area contributed by atoms with Gasteiger partial charge in [0.15, 0.2) is 0 Å². The highest BCUT2D eigenvalue weighted by atomic mass is 32.1. The molecule has 0 bridgehead atoms. The highest BCUT2D eigenvalue weighted by molar-refractivity contribution is 7.10. The molecule has 4 rings (SSSR count). The molecule has 4 nitrogen and oxygen atoms in total. The maximum Gasteiger partial charge on any atom is 0.251 e. The van der Waals surface area contributed by atoms with E-state index in [0.717, 1.165) is 19.4 Å². The molecule has 2 heterocycles. The molecule has 2 aromatic rings. The predicted octanol–water partition coefficient (Wildman–Crippen LogP) is 3.59. The van der Waals surface area contributed by atoms with E-state index < -0.39 is 0 Å². The first-order valence-corrected chi connectivity index (χ1v) is 10.4. The zero-order valence-electron chi connectivity index (χ0n) is 14.9. The van der Waals surface area contributed by atoms with Crippen LogP contribution in [0, 0.1) is 5.92 Å². The molecule has 1 saturated heterocycles. The lowest BCUT2D eigenvalue weighted by Crippen LogP contribution is -2.41. The number of aliphatic hydroxyl groups excluding tert-OH is 1.